The first-order valence-corrected chi connectivity index (χ1v) is 17.8. The van der Waals surface area contributed by atoms with Gasteiger partial charge in [0, 0.05) is 11.0 Å². The monoisotopic (exact) mass is 629 g/mol. The fourth-order valence-electron chi connectivity index (χ4n) is 9.11. The second-order valence-electron chi connectivity index (χ2n) is 14.2. The zero-order chi connectivity index (χ0) is 31.7. The van der Waals surface area contributed by atoms with Crippen molar-refractivity contribution < 1.29 is 0 Å². The Kier molecular flexibility index (Phi) is 5.23. The van der Waals surface area contributed by atoms with Crippen molar-refractivity contribution in [3.63, 3.8) is 0 Å². The number of hydrogen-bond donors (Lipinski definition) is 0. The number of para-hydroxylation sites is 1. The molecule has 0 atom stereocenters. The van der Waals surface area contributed by atoms with Gasteiger partial charge in [-0.2, -0.15) is 0 Å². The first kappa shape index (κ1) is 26.7. The number of fused-ring (bicyclic) bond motifs is 6. The third-order valence-electron chi connectivity index (χ3n) is 11.3. The molecule has 0 radical (unpaired) electrons. The van der Waals surface area contributed by atoms with Crippen LogP contribution < -0.4 is 0 Å². The van der Waals surface area contributed by atoms with Crippen molar-refractivity contribution in [2.45, 2.75) is 32.1 Å². The van der Waals surface area contributed by atoms with Crippen LogP contribution in [0.1, 0.15) is 48.1 Å². The summed E-state index contributed by atoms with van der Waals surface area (Å²) < 4.78 is 1.22. The van der Waals surface area contributed by atoms with E-state index in [0.717, 1.165) is 23.4 Å². The third kappa shape index (κ3) is 3.43. The molecule has 226 valence electrons. The molecule has 0 N–H and O–H groups in total. The van der Waals surface area contributed by atoms with E-state index in [1.807, 2.05) is 0 Å². The third-order valence-corrected chi connectivity index (χ3v) is 12.4. The van der Waals surface area contributed by atoms with Gasteiger partial charge in [-0.1, -0.05) is 117 Å². The molecule has 7 aromatic carbocycles. The minimum absolute atomic E-state index is 0.100. The van der Waals surface area contributed by atoms with E-state index in [-0.39, 0.29) is 5.41 Å². The average molecular weight is 630 g/mol. The van der Waals surface area contributed by atoms with Gasteiger partial charge in [0.1, 0.15) is 5.01 Å². The van der Waals surface area contributed by atoms with Gasteiger partial charge >= 0.3 is 0 Å². The fourth-order valence-corrected chi connectivity index (χ4v) is 10.1. The molecule has 8 aromatic rings. The summed E-state index contributed by atoms with van der Waals surface area (Å²) in [6.45, 7) is 4.78. The molecule has 0 bridgehead atoms. The normalized spacial score (nSPS) is 15.3. The van der Waals surface area contributed by atoms with E-state index in [1.165, 1.54) is 98.2 Å². The number of nitrogens with zero attached hydrogens (tertiary/aromatic N) is 1. The van der Waals surface area contributed by atoms with E-state index >= 15 is 0 Å². The molecule has 0 amide bonds. The van der Waals surface area contributed by atoms with Crippen LogP contribution in [-0.4, -0.2) is 4.98 Å². The Labute approximate surface area is 283 Å². The van der Waals surface area contributed by atoms with E-state index in [0.29, 0.717) is 0 Å². The van der Waals surface area contributed by atoms with Crippen LogP contribution in [-0.2, 0) is 11.8 Å². The van der Waals surface area contributed by atoms with Gasteiger partial charge < -0.3 is 0 Å². The number of allylic oxidation sites excluding steroid dienone is 3. The highest BCUT2D eigenvalue weighted by Crippen LogP contribution is 2.54. The Morgan fingerprint density at radius 2 is 1.40 bits per heavy atom. The first-order valence-electron chi connectivity index (χ1n) is 17.0. The van der Waals surface area contributed by atoms with Gasteiger partial charge in [0.15, 0.2) is 0 Å². The maximum atomic E-state index is 5.28. The summed E-state index contributed by atoms with van der Waals surface area (Å²) in [6.07, 6.45) is 9.09. The summed E-state index contributed by atoms with van der Waals surface area (Å²) in [7, 11) is 0. The molecular weight excluding hydrogens is 599 g/mol. The molecule has 3 aliphatic carbocycles. The standard InChI is InChI=1S/C46H31NS/c1-46(2)37-15-6-5-12-29(37)34-24-35-36(25-38(34)46)43(30-13-3-4-14-31(30)44(35)45-47-39-16-7-8-17-40(39)48-45)33-23-21-28-19-18-26-10-9-11-27-20-22-32(33)42(28)41(26)27/h3-9,11-18,20-25H,10,19H2,1-2H3. The molecule has 0 spiro atoms. The van der Waals surface area contributed by atoms with Gasteiger partial charge in [-0.25, -0.2) is 4.98 Å². The Balaban J connectivity index is 1.33. The minimum Gasteiger partial charge on any atom is -0.236 e. The lowest BCUT2D eigenvalue weighted by atomic mass is 9.77. The molecular formula is C46H31NS. The summed E-state index contributed by atoms with van der Waals surface area (Å²) in [5.74, 6) is 0. The van der Waals surface area contributed by atoms with E-state index in [1.54, 1.807) is 11.3 Å². The van der Waals surface area contributed by atoms with Gasteiger partial charge in [0.25, 0.3) is 0 Å². The van der Waals surface area contributed by atoms with Crippen LogP contribution in [0, 0.1) is 0 Å². The first-order chi connectivity index (χ1) is 23.6. The lowest BCUT2D eigenvalue weighted by Gasteiger charge is -2.26. The minimum atomic E-state index is -0.100. The van der Waals surface area contributed by atoms with Gasteiger partial charge in [-0.15, -0.1) is 11.3 Å². The molecule has 48 heavy (non-hydrogen) atoms. The van der Waals surface area contributed by atoms with Crippen molar-refractivity contribution in [3.8, 4) is 32.8 Å². The summed E-state index contributed by atoms with van der Waals surface area (Å²) in [6, 6.07) is 41.2. The number of hydrogen-bond acceptors (Lipinski definition) is 2. The second kappa shape index (κ2) is 9.40. The Morgan fingerprint density at radius 1 is 0.604 bits per heavy atom. The molecule has 0 aliphatic heterocycles. The quantitative estimate of drug-likeness (QED) is 0.173. The molecule has 1 nitrogen and oxygen atoms in total. The Bertz CT molecular complexity index is 2770. The van der Waals surface area contributed by atoms with Crippen molar-refractivity contribution in [1.82, 2.24) is 4.98 Å². The second-order valence-corrected chi connectivity index (χ2v) is 15.2. The van der Waals surface area contributed by atoms with Gasteiger partial charge in [0.05, 0.1) is 10.2 Å². The zero-order valence-corrected chi connectivity index (χ0v) is 27.7. The summed E-state index contributed by atoms with van der Waals surface area (Å²) >= 11 is 1.80. The molecule has 11 rings (SSSR count). The van der Waals surface area contributed by atoms with Crippen molar-refractivity contribution in [2.24, 2.45) is 0 Å². The summed E-state index contributed by atoms with van der Waals surface area (Å²) in [5.41, 5.74) is 16.0. The lowest BCUT2D eigenvalue weighted by molar-refractivity contribution is 0.661. The number of rotatable bonds is 2. The lowest BCUT2D eigenvalue weighted by Crippen LogP contribution is -2.14. The van der Waals surface area contributed by atoms with Crippen molar-refractivity contribution >= 4 is 65.5 Å². The Hall–Kier alpha value is -5.31. The number of benzene rings is 7. The molecule has 0 saturated heterocycles. The van der Waals surface area contributed by atoms with Gasteiger partial charge in [0.2, 0.25) is 0 Å². The van der Waals surface area contributed by atoms with Crippen LogP contribution >= 0.6 is 11.3 Å². The summed E-state index contributed by atoms with van der Waals surface area (Å²) in [5, 5.41) is 9.01. The number of thiazole rings is 1. The zero-order valence-electron chi connectivity index (χ0n) is 26.9. The highest BCUT2D eigenvalue weighted by molar-refractivity contribution is 7.21. The van der Waals surface area contributed by atoms with Crippen molar-refractivity contribution in [3.05, 3.63) is 149 Å². The molecule has 2 heteroatoms. The Morgan fingerprint density at radius 3 is 2.29 bits per heavy atom. The fraction of sp³-hybridized carbons (Fsp3) is 0.109. The van der Waals surface area contributed by atoms with Gasteiger partial charge in [-0.3, -0.25) is 0 Å². The molecule has 3 aliphatic rings. The van der Waals surface area contributed by atoms with Crippen LogP contribution in [0.4, 0.5) is 0 Å². The highest BCUT2D eigenvalue weighted by Gasteiger charge is 2.36. The van der Waals surface area contributed by atoms with Crippen LogP contribution in [0.5, 0.6) is 0 Å². The molecule has 0 unspecified atom stereocenters. The van der Waals surface area contributed by atoms with E-state index in [9.17, 15) is 0 Å². The molecule has 1 aromatic heterocycles. The maximum absolute atomic E-state index is 5.28. The number of aromatic nitrogens is 1. The van der Waals surface area contributed by atoms with Gasteiger partial charge in [-0.05, 0) is 125 Å². The van der Waals surface area contributed by atoms with Crippen molar-refractivity contribution in [2.75, 3.05) is 0 Å². The van der Waals surface area contributed by atoms with Crippen LogP contribution in [0.15, 0.2) is 121 Å². The SMILES string of the molecule is CC1(C)c2ccccc2-c2cc3c(-c4nc5ccccc5s4)c4ccccc4c(-c4ccc5c6c7c(ccc46)C=CCC7=CC5)c3cc21. The largest absolute Gasteiger partial charge is 0.236 e. The molecule has 1 heterocycles. The van der Waals surface area contributed by atoms with E-state index in [2.05, 4.69) is 141 Å². The topological polar surface area (TPSA) is 12.9 Å². The predicted octanol–water partition coefficient (Wildman–Crippen LogP) is 12.8. The van der Waals surface area contributed by atoms with Crippen LogP contribution in [0.3, 0.4) is 0 Å². The van der Waals surface area contributed by atoms with E-state index < -0.39 is 0 Å². The van der Waals surface area contributed by atoms with Crippen molar-refractivity contribution in [1.29, 1.82) is 0 Å². The average Bonchev–Trinajstić information content (AvgIpc) is 3.65. The summed E-state index contributed by atoms with van der Waals surface area (Å²) in [4.78, 5) is 5.28. The highest BCUT2D eigenvalue weighted by atomic mass is 32.1. The van der Waals surface area contributed by atoms with Crippen LogP contribution in [0.2, 0.25) is 0 Å². The predicted molar refractivity (Wildman–Crippen MR) is 206 cm³/mol. The molecule has 0 fully saturated rings. The molecule has 0 saturated carbocycles. The van der Waals surface area contributed by atoms with E-state index in [4.69, 9.17) is 4.98 Å². The maximum Gasteiger partial charge on any atom is 0.125 e. The smallest absolute Gasteiger partial charge is 0.125 e. The van der Waals surface area contributed by atoms with Crippen LogP contribution in [0.25, 0.3) is 87.0 Å².